The van der Waals surface area contributed by atoms with Crippen molar-refractivity contribution in [1.82, 2.24) is 4.72 Å². The van der Waals surface area contributed by atoms with Gasteiger partial charge >= 0.3 is 0 Å². The molecule has 0 radical (unpaired) electrons. The molecule has 0 aromatic carbocycles. The summed E-state index contributed by atoms with van der Waals surface area (Å²) in [5, 5.41) is 0. The molecule has 0 spiro atoms. The average molecular weight is 219 g/mol. The third kappa shape index (κ3) is 4.42. The highest BCUT2D eigenvalue weighted by Gasteiger charge is 2.18. The summed E-state index contributed by atoms with van der Waals surface area (Å²) in [6, 6.07) is 0.203. The third-order valence-corrected chi connectivity index (χ3v) is 4.31. The van der Waals surface area contributed by atoms with Crippen molar-refractivity contribution in [2.75, 3.05) is 5.75 Å². The van der Waals surface area contributed by atoms with Crippen LogP contribution in [0.4, 0.5) is 0 Å². The zero-order valence-electron chi connectivity index (χ0n) is 8.96. The summed E-state index contributed by atoms with van der Waals surface area (Å²) in [6.45, 7) is 1.90. The zero-order chi connectivity index (χ0) is 10.4. The lowest BCUT2D eigenvalue weighted by atomic mass is 10.1. The predicted octanol–water partition coefficient (Wildman–Crippen LogP) is 2.04. The van der Waals surface area contributed by atoms with Crippen molar-refractivity contribution in [2.45, 2.75) is 57.9 Å². The van der Waals surface area contributed by atoms with Gasteiger partial charge in [0.2, 0.25) is 10.0 Å². The Labute approximate surface area is 87.3 Å². The molecule has 4 heteroatoms. The summed E-state index contributed by atoms with van der Waals surface area (Å²) >= 11 is 0. The van der Waals surface area contributed by atoms with Crippen LogP contribution >= 0.6 is 0 Å². The van der Waals surface area contributed by atoms with Gasteiger partial charge in [-0.05, 0) is 19.3 Å². The normalized spacial score (nSPS) is 20.6. The number of hydrogen-bond donors (Lipinski definition) is 1. The summed E-state index contributed by atoms with van der Waals surface area (Å²) in [7, 11) is -3.00. The minimum absolute atomic E-state index is 0.203. The van der Waals surface area contributed by atoms with Crippen LogP contribution in [0.15, 0.2) is 0 Å². The second-order valence-corrected chi connectivity index (χ2v) is 6.00. The summed E-state index contributed by atoms with van der Waals surface area (Å²) in [6.07, 6.45) is 7.57. The van der Waals surface area contributed by atoms with Crippen molar-refractivity contribution < 1.29 is 8.42 Å². The van der Waals surface area contributed by atoms with Crippen LogP contribution in [0, 0.1) is 0 Å². The van der Waals surface area contributed by atoms with E-state index in [4.69, 9.17) is 0 Å². The Hall–Kier alpha value is -0.0900. The maximum Gasteiger partial charge on any atom is 0.211 e. The number of rotatable bonds is 4. The van der Waals surface area contributed by atoms with Crippen LogP contribution in [0.1, 0.15) is 51.9 Å². The van der Waals surface area contributed by atoms with Gasteiger partial charge in [-0.15, -0.1) is 0 Å². The van der Waals surface area contributed by atoms with E-state index in [1.165, 1.54) is 25.7 Å². The van der Waals surface area contributed by atoms with Crippen molar-refractivity contribution in [3.05, 3.63) is 0 Å². The number of sulfonamides is 1. The van der Waals surface area contributed by atoms with Crippen molar-refractivity contribution in [2.24, 2.45) is 0 Å². The molecule has 0 heterocycles. The van der Waals surface area contributed by atoms with Gasteiger partial charge in [-0.2, -0.15) is 0 Å². The van der Waals surface area contributed by atoms with Crippen molar-refractivity contribution in [1.29, 1.82) is 0 Å². The van der Waals surface area contributed by atoms with E-state index in [9.17, 15) is 8.42 Å². The molecule has 1 aliphatic carbocycles. The first-order valence-corrected chi connectivity index (χ1v) is 7.29. The van der Waals surface area contributed by atoms with E-state index in [0.717, 1.165) is 12.8 Å². The zero-order valence-corrected chi connectivity index (χ0v) is 9.78. The first kappa shape index (κ1) is 12.0. The molecule has 1 fully saturated rings. The second kappa shape index (κ2) is 5.71. The van der Waals surface area contributed by atoms with Gasteiger partial charge in [-0.3, -0.25) is 0 Å². The Balaban J connectivity index is 2.41. The molecule has 0 atom stereocenters. The van der Waals surface area contributed by atoms with Crippen molar-refractivity contribution in [3.63, 3.8) is 0 Å². The summed E-state index contributed by atoms with van der Waals surface area (Å²) in [5.74, 6) is 0.267. The Bertz CT molecular complexity index is 241. The molecule has 0 saturated heterocycles. The van der Waals surface area contributed by atoms with Gasteiger partial charge in [-0.25, -0.2) is 13.1 Å². The molecule has 0 bridgehead atoms. The van der Waals surface area contributed by atoms with Gasteiger partial charge < -0.3 is 0 Å². The fourth-order valence-electron chi connectivity index (χ4n) is 1.98. The van der Waals surface area contributed by atoms with Crippen LogP contribution in [0.3, 0.4) is 0 Å². The molecule has 0 aliphatic heterocycles. The Morgan fingerprint density at radius 1 is 1.14 bits per heavy atom. The second-order valence-electron chi connectivity index (χ2n) is 4.13. The van der Waals surface area contributed by atoms with E-state index in [0.29, 0.717) is 6.42 Å². The van der Waals surface area contributed by atoms with Gasteiger partial charge in [0, 0.05) is 6.04 Å². The van der Waals surface area contributed by atoms with Gasteiger partial charge in [-0.1, -0.05) is 32.6 Å². The largest absolute Gasteiger partial charge is 0.212 e. The predicted molar refractivity (Wildman–Crippen MR) is 58.7 cm³/mol. The van der Waals surface area contributed by atoms with E-state index < -0.39 is 10.0 Å². The van der Waals surface area contributed by atoms with E-state index >= 15 is 0 Å². The first-order chi connectivity index (χ1) is 6.64. The molecule has 3 nitrogen and oxygen atoms in total. The molecule has 0 unspecified atom stereocenters. The molecule has 1 rings (SSSR count). The molecule has 84 valence electrons. The van der Waals surface area contributed by atoms with Crippen molar-refractivity contribution >= 4 is 10.0 Å². The fourth-order valence-corrected chi connectivity index (χ4v) is 3.38. The average Bonchev–Trinajstić information content (AvgIpc) is 2.31. The molecule has 0 aromatic rings. The maximum atomic E-state index is 11.5. The molecule has 14 heavy (non-hydrogen) atoms. The Morgan fingerprint density at radius 2 is 1.71 bits per heavy atom. The van der Waals surface area contributed by atoms with Gasteiger partial charge in [0.25, 0.3) is 0 Å². The van der Waals surface area contributed by atoms with E-state index in [2.05, 4.69) is 4.72 Å². The highest BCUT2D eigenvalue weighted by Crippen LogP contribution is 2.17. The topological polar surface area (TPSA) is 46.2 Å². The maximum absolute atomic E-state index is 11.5. The lowest BCUT2D eigenvalue weighted by molar-refractivity contribution is 0.509. The van der Waals surface area contributed by atoms with Crippen LogP contribution in [-0.2, 0) is 10.0 Å². The van der Waals surface area contributed by atoms with E-state index in [-0.39, 0.29) is 11.8 Å². The first-order valence-electron chi connectivity index (χ1n) is 5.64. The monoisotopic (exact) mass is 219 g/mol. The van der Waals surface area contributed by atoms with Crippen LogP contribution < -0.4 is 4.72 Å². The molecule has 0 amide bonds. The summed E-state index contributed by atoms with van der Waals surface area (Å²) < 4.78 is 25.8. The van der Waals surface area contributed by atoms with Crippen LogP contribution in [0.2, 0.25) is 0 Å². The number of hydrogen-bond acceptors (Lipinski definition) is 2. The molecule has 1 saturated carbocycles. The minimum Gasteiger partial charge on any atom is -0.212 e. The molecular weight excluding hydrogens is 198 g/mol. The quantitative estimate of drug-likeness (QED) is 0.735. The summed E-state index contributed by atoms with van der Waals surface area (Å²) in [4.78, 5) is 0. The lowest BCUT2D eigenvalue weighted by Gasteiger charge is -2.15. The summed E-state index contributed by atoms with van der Waals surface area (Å²) in [5.41, 5.74) is 0. The van der Waals surface area contributed by atoms with Crippen LogP contribution in [0.5, 0.6) is 0 Å². The van der Waals surface area contributed by atoms with Crippen LogP contribution in [0.25, 0.3) is 0 Å². The van der Waals surface area contributed by atoms with Crippen molar-refractivity contribution in [3.8, 4) is 0 Å². The molecule has 1 N–H and O–H groups in total. The number of nitrogens with one attached hydrogen (secondary N) is 1. The third-order valence-electron chi connectivity index (χ3n) is 2.67. The minimum atomic E-state index is -3.00. The molecule has 0 aromatic heterocycles. The van der Waals surface area contributed by atoms with Crippen LogP contribution in [-0.4, -0.2) is 20.2 Å². The molecule has 1 aliphatic rings. The standard InChI is InChI=1S/C10H21NO2S/c1-2-9-14(12,13)11-10-7-5-3-4-6-8-10/h10-11H,2-9H2,1H3. The Morgan fingerprint density at radius 3 is 2.21 bits per heavy atom. The van der Waals surface area contributed by atoms with Gasteiger partial charge in [0.05, 0.1) is 5.75 Å². The van der Waals surface area contributed by atoms with Gasteiger partial charge in [0.1, 0.15) is 0 Å². The van der Waals surface area contributed by atoms with E-state index in [1.807, 2.05) is 6.92 Å². The highest BCUT2D eigenvalue weighted by atomic mass is 32.2. The highest BCUT2D eigenvalue weighted by molar-refractivity contribution is 7.89. The molecular formula is C10H21NO2S. The smallest absolute Gasteiger partial charge is 0.211 e. The fraction of sp³-hybridized carbons (Fsp3) is 1.00. The lowest BCUT2D eigenvalue weighted by Crippen LogP contribution is -2.35. The van der Waals surface area contributed by atoms with E-state index in [1.54, 1.807) is 0 Å². The van der Waals surface area contributed by atoms with Gasteiger partial charge in [0.15, 0.2) is 0 Å². The Kier molecular flexibility index (Phi) is 4.89. The SMILES string of the molecule is CCCS(=O)(=O)NC1CCCCCC1.